The van der Waals surface area contributed by atoms with Crippen molar-refractivity contribution in [3.63, 3.8) is 0 Å². The molecule has 0 aliphatic heterocycles. The van der Waals surface area contributed by atoms with Gasteiger partial charge in [0.1, 0.15) is 5.82 Å². The number of rotatable bonds is 2. The highest BCUT2D eigenvalue weighted by Crippen LogP contribution is 2.24. The first-order valence-electron chi connectivity index (χ1n) is 4.08. The average Bonchev–Trinajstić information content (AvgIpc) is 2.71. The van der Waals surface area contributed by atoms with Gasteiger partial charge in [-0.3, -0.25) is 5.10 Å². The quantitative estimate of drug-likeness (QED) is 0.769. The molecular formula is C9H11N3S. The van der Waals surface area contributed by atoms with Crippen molar-refractivity contribution in [1.82, 2.24) is 10.2 Å². The third-order valence-corrected chi connectivity index (χ3v) is 2.74. The van der Waals surface area contributed by atoms with Gasteiger partial charge < -0.3 is 5.32 Å². The second-order valence-corrected chi connectivity index (χ2v) is 3.98. The van der Waals surface area contributed by atoms with E-state index in [1.165, 1.54) is 10.4 Å². The summed E-state index contributed by atoms with van der Waals surface area (Å²) in [6.07, 6.45) is 0. The molecule has 0 radical (unpaired) electrons. The predicted molar refractivity (Wildman–Crippen MR) is 56.2 cm³/mol. The van der Waals surface area contributed by atoms with Crippen LogP contribution in [0.1, 0.15) is 4.88 Å². The summed E-state index contributed by atoms with van der Waals surface area (Å²) in [6.45, 7) is 2.10. The summed E-state index contributed by atoms with van der Waals surface area (Å²) in [4.78, 5) is 1.32. The zero-order valence-corrected chi connectivity index (χ0v) is 8.40. The van der Waals surface area contributed by atoms with Crippen LogP contribution < -0.4 is 5.32 Å². The highest BCUT2D eigenvalue weighted by Gasteiger charge is 2.03. The van der Waals surface area contributed by atoms with Gasteiger partial charge in [0.25, 0.3) is 0 Å². The molecule has 2 heterocycles. The van der Waals surface area contributed by atoms with E-state index in [-0.39, 0.29) is 0 Å². The number of nitrogens with one attached hydrogen (secondary N) is 2. The van der Waals surface area contributed by atoms with Gasteiger partial charge in [-0.25, -0.2) is 0 Å². The molecule has 0 unspecified atom stereocenters. The van der Waals surface area contributed by atoms with Gasteiger partial charge in [0.2, 0.25) is 0 Å². The van der Waals surface area contributed by atoms with Gasteiger partial charge in [-0.15, -0.1) is 11.3 Å². The molecule has 0 saturated heterocycles. The molecule has 0 amide bonds. The van der Waals surface area contributed by atoms with E-state index in [0.29, 0.717) is 0 Å². The number of aryl methyl sites for hydroxylation is 1. The minimum Gasteiger partial charge on any atom is -0.372 e. The van der Waals surface area contributed by atoms with E-state index in [1.807, 2.05) is 13.1 Å². The van der Waals surface area contributed by atoms with Gasteiger partial charge in [-0.05, 0) is 13.0 Å². The molecule has 0 aliphatic rings. The van der Waals surface area contributed by atoms with Crippen LogP contribution in [0.2, 0.25) is 0 Å². The van der Waals surface area contributed by atoms with E-state index >= 15 is 0 Å². The molecule has 13 heavy (non-hydrogen) atoms. The molecule has 68 valence electrons. The topological polar surface area (TPSA) is 40.7 Å². The molecule has 0 bridgehead atoms. The van der Waals surface area contributed by atoms with Crippen LogP contribution in [-0.4, -0.2) is 17.2 Å². The molecule has 3 nitrogen and oxygen atoms in total. The number of aromatic amines is 1. The Labute approximate surface area is 80.8 Å². The lowest BCUT2D eigenvalue weighted by atomic mass is 10.2. The Kier molecular flexibility index (Phi) is 2.06. The number of hydrogen-bond acceptors (Lipinski definition) is 3. The van der Waals surface area contributed by atoms with E-state index in [1.54, 1.807) is 11.3 Å². The van der Waals surface area contributed by atoms with Crippen molar-refractivity contribution in [1.29, 1.82) is 0 Å². The lowest BCUT2D eigenvalue weighted by Crippen LogP contribution is -1.85. The SMILES string of the molecule is CNc1cc(-c2csc(C)c2)[nH]n1. The second kappa shape index (κ2) is 3.22. The summed E-state index contributed by atoms with van der Waals surface area (Å²) in [6, 6.07) is 4.15. The lowest BCUT2D eigenvalue weighted by Gasteiger charge is -1.87. The predicted octanol–water partition coefficient (Wildman–Crippen LogP) is 2.49. The molecule has 4 heteroatoms. The summed E-state index contributed by atoms with van der Waals surface area (Å²) in [7, 11) is 1.86. The van der Waals surface area contributed by atoms with Gasteiger partial charge >= 0.3 is 0 Å². The summed E-state index contributed by atoms with van der Waals surface area (Å²) in [5.74, 6) is 0.874. The number of nitrogens with zero attached hydrogens (tertiary/aromatic N) is 1. The Hall–Kier alpha value is -1.29. The Balaban J connectivity index is 2.35. The fourth-order valence-corrected chi connectivity index (χ4v) is 1.89. The lowest BCUT2D eigenvalue weighted by molar-refractivity contribution is 1.09. The Morgan fingerprint density at radius 2 is 2.31 bits per heavy atom. The van der Waals surface area contributed by atoms with E-state index in [4.69, 9.17) is 0 Å². The molecule has 0 aliphatic carbocycles. The Bertz CT molecular complexity index is 402. The van der Waals surface area contributed by atoms with Gasteiger partial charge in [-0.1, -0.05) is 0 Å². The molecule has 2 rings (SSSR count). The van der Waals surface area contributed by atoms with Crippen LogP contribution in [0.3, 0.4) is 0 Å². The zero-order chi connectivity index (χ0) is 9.26. The maximum absolute atomic E-state index is 4.09. The van der Waals surface area contributed by atoms with Crippen LogP contribution >= 0.6 is 11.3 Å². The Morgan fingerprint density at radius 1 is 1.46 bits per heavy atom. The van der Waals surface area contributed by atoms with Crippen LogP contribution in [0, 0.1) is 6.92 Å². The van der Waals surface area contributed by atoms with Gasteiger partial charge in [-0.2, -0.15) is 5.10 Å². The summed E-state index contributed by atoms with van der Waals surface area (Å²) < 4.78 is 0. The third kappa shape index (κ3) is 1.58. The van der Waals surface area contributed by atoms with E-state index in [2.05, 4.69) is 33.9 Å². The van der Waals surface area contributed by atoms with Crippen molar-refractivity contribution in [3.05, 3.63) is 22.4 Å². The fraction of sp³-hybridized carbons (Fsp3) is 0.222. The minimum absolute atomic E-state index is 0.874. The van der Waals surface area contributed by atoms with Crippen molar-refractivity contribution >= 4 is 17.2 Å². The first kappa shape index (κ1) is 8.31. The van der Waals surface area contributed by atoms with Gasteiger partial charge in [0.15, 0.2) is 0 Å². The van der Waals surface area contributed by atoms with Crippen LogP contribution in [0.4, 0.5) is 5.82 Å². The number of H-pyrrole nitrogens is 1. The smallest absolute Gasteiger partial charge is 0.148 e. The highest BCUT2D eigenvalue weighted by molar-refractivity contribution is 7.10. The van der Waals surface area contributed by atoms with Crippen molar-refractivity contribution in [2.75, 3.05) is 12.4 Å². The van der Waals surface area contributed by atoms with Crippen molar-refractivity contribution < 1.29 is 0 Å². The monoisotopic (exact) mass is 193 g/mol. The first-order valence-corrected chi connectivity index (χ1v) is 4.96. The van der Waals surface area contributed by atoms with E-state index in [9.17, 15) is 0 Å². The van der Waals surface area contributed by atoms with Crippen LogP contribution in [0.25, 0.3) is 11.3 Å². The normalized spacial score (nSPS) is 10.3. The van der Waals surface area contributed by atoms with Crippen molar-refractivity contribution in [2.24, 2.45) is 0 Å². The number of anilines is 1. The maximum Gasteiger partial charge on any atom is 0.148 e. The molecule has 0 atom stereocenters. The van der Waals surface area contributed by atoms with Crippen LogP contribution in [-0.2, 0) is 0 Å². The molecule has 2 aromatic rings. The summed E-state index contributed by atoms with van der Waals surface area (Å²) in [5.41, 5.74) is 2.27. The fourth-order valence-electron chi connectivity index (χ4n) is 1.18. The first-order chi connectivity index (χ1) is 6.29. The van der Waals surface area contributed by atoms with E-state index in [0.717, 1.165) is 11.5 Å². The Morgan fingerprint density at radius 3 is 2.85 bits per heavy atom. The summed E-state index contributed by atoms with van der Waals surface area (Å²) >= 11 is 1.75. The van der Waals surface area contributed by atoms with Crippen molar-refractivity contribution in [3.8, 4) is 11.3 Å². The molecule has 0 aromatic carbocycles. The molecule has 0 saturated carbocycles. The second-order valence-electron chi connectivity index (χ2n) is 2.86. The minimum atomic E-state index is 0.874. The highest BCUT2D eigenvalue weighted by atomic mass is 32.1. The van der Waals surface area contributed by atoms with Gasteiger partial charge in [0, 0.05) is 28.9 Å². The molecule has 0 fully saturated rings. The van der Waals surface area contributed by atoms with Gasteiger partial charge in [0.05, 0.1) is 5.69 Å². The van der Waals surface area contributed by atoms with Crippen LogP contribution in [0.5, 0.6) is 0 Å². The summed E-state index contributed by atoms with van der Waals surface area (Å²) in [5, 5.41) is 12.2. The molecule has 2 aromatic heterocycles. The molecule has 0 spiro atoms. The number of thiophene rings is 1. The van der Waals surface area contributed by atoms with E-state index < -0.39 is 0 Å². The average molecular weight is 193 g/mol. The maximum atomic E-state index is 4.09. The molecule has 2 N–H and O–H groups in total. The zero-order valence-electron chi connectivity index (χ0n) is 7.59. The standard InChI is InChI=1S/C9H11N3S/c1-6-3-7(5-13-6)8-4-9(10-2)12-11-8/h3-5H,1-2H3,(H2,10,11,12). The van der Waals surface area contributed by atoms with Crippen molar-refractivity contribution in [2.45, 2.75) is 6.92 Å². The number of hydrogen-bond donors (Lipinski definition) is 2. The number of aromatic nitrogens is 2. The third-order valence-electron chi connectivity index (χ3n) is 1.88. The van der Waals surface area contributed by atoms with Crippen LogP contribution in [0.15, 0.2) is 17.5 Å². The molecular weight excluding hydrogens is 182 g/mol. The largest absolute Gasteiger partial charge is 0.372 e.